The van der Waals surface area contributed by atoms with Crippen molar-refractivity contribution in [2.45, 2.75) is 47.1 Å². The van der Waals surface area contributed by atoms with Crippen LogP contribution in [0.2, 0.25) is 0 Å². The fraction of sp³-hybridized carbons (Fsp3) is 0.476. The summed E-state index contributed by atoms with van der Waals surface area (Å²) in [4.78, 5) is 14.5. The summed E-state index contributed by atoms with van der Waals surface area (Å²) in [6.07, 6.45) is 5.27. The number of anilines is 2. The average Bonchev–Trinajstić information content (AvgIpc) is 2.62. The van der Waals surface area contributed by atoms with Crippen molar-refractivity contribution in [2.24, 2.45) is 0 Å². The molecule has 0 aliphatic carbocycles. The maximum Gasteiger partial charge on any atom is 0.319 e. The number of carbonyl (C=O) groups excluding carboxylic acids is 1. The molecule has 26 heavy (non-hydrogen) atoms. The lowest BCUT2D eigenvalue weighted by Gasteiger charge is -2.39. The first-order valence-electron chi connectivity index (χ1n) is 9.21. The summed E-state index contributed by atoms with van der Waals surface area (Å²) in [6.45, 7) is 11.6. The van der Waals surface area contributed by atoms with Crippen molar-refractivity contribution >= 4 is 23.0 Å². The molecule has 0 aromatic heterocycles. The Bertz CT molecular complexity index is 720. The first-order valence-corrected chi connectivity index (χ1v) is 9.21. The zero-order valence-electron chi connectivity index (χ0n) is 16.8. The molecule has 5 nitrogen and oxygen atoms in total. The van der Waals surface area contributed by atoms with E-state index >= 15 is 0 Å². The summed E-state index contributed by atoms with van der Waals surface area (Å²) in [5, 5.41) is 5.77. The van der Waals surface area contributed by atoms with Crippen LogP contribution in [0.15, 0.2) is 30.0 Å². The number of nitrogens with zero attached hydrogens (tertiary/aromatic N) is 1. The Morgan fingerprint density at radius 1 is 1.31 bits per heavy atom. The molecule has 0 saturated heterocycles. The summed E-state index contributed by atoms with van der Waals surface area (Å²) in [6, 6.07) is 4.26. The second-order valence-electron chi connectivity index (χ2n) is 6.74. The van der Waals surface area contributed by atoms with Crippen LogP contribution in [-0.4, -0.2) is 32.3 Å². The predicted molar refractivity (Wildman–Crippen MR) is 110 cm³/mol. The number of methoxy groups -OCH3 is 1. The Labute approximate surface area is 157 Å². The zero-order chi connectivity index (χ0) is 19.3. The molecule has 0 bridgehead atoms. The van der Waals surface area contributed by atoms with Crippen LogP contribution in [0.5, 0.6) is 0 Å². The molecular formula is C21H31N3O2. The van der Waals surface area contributed by atoms with Crippen LogP contribution >= 0.6 is 0 Å². The lowest BCUT2D eigenvalue weighted by atomic mass is 9.88. The number of allylic oxidation sites excluding steroid dienone is 3. The van der Waals surface area contributed by atoms with E-state index in [2.05, 4.69) is 68.4 Å². The Morgan fingerprint density at radius 3 is 2.62 bits per heavy atom. The van der Waals surface area contributed by atoms with Crippen molar-refractivity contribution < 1.29 is 9.53 Å². The molecular weight excluding hydrogens is 326 g/mol. The predicted octanol–water partition coefficient (Wildman–Crippen LogP) is 4.69. The van der Waals surface area contributed by atoms with Crippen molar-refractivity contribution in [3.63, 3.8) is 0 Å². The number of amides is 2. The van der Waals surface area contributed by atoms with Gasteiger partial charge in [-0.15, -0.1) is 0 Å². The number of hydrogen-bond donors (Lipinski definition) is 2. The van der Waals surface area contributed by atoms with Gasteiger partial charge < -0.3 is 20.3 Å². The second kappa shape index (κ2) is 8.90. The van der Waals surface area contributed by atoms with E-state index in [4.69, 9.17) is 4.74 Å². The normalized spacial score (nSPS) is 17.0. The van der Waals surface area contributed by atoms with Gasteiger partial charge in [0.05, 0.1) is 6.61 Å². The SMILES string of the molecule is C/C=C1\C/C(=C\C)N(C(C)C)c2ccc(NC(=O)NCCOC)c(C)c21. The molecule has 0 radical (unpaired) electrons. The minimum atomic E-state index is -0.210. The van der Waals surface area contributed by atoms with Gasteiger partial charge in [-0.2, -0.15) is 0 Å². The van der Waals surface area contributed by atoms with E-state index in [0.717, 1.165) is 17.7 Å². The average molecular weight is 357 g/mol. The number of nitrogens with one attached hydrogen (secondary N) is 2. The van der Waals surface area contributed by atoms with Crippen molar-refractivity contribution in [1.29, 1.82) is 0 Å². The summed E-state index contributed by atoms with van der Waals surface area (Å²) in [7, 11) is 1.62. The smallest absolute Gasteiger partial charge is 0.319 e. The van der Waals surface area contributed by atoms with Gasteiger partial charge in [-0.3, -0.25) is 0 Å². The molecule has 5 heteroatoms. The summed E-state index contributed by atoms with van der Waals surface area (Å²) >= 11 is 0. The monoisotopic (exact) mass is 357 g/mol. The highest BCUT2D eigenvalue weighted by Gasteiger charge is 2.28. The van der Waals surface area contributed by atoms with Crippen LogP contribution in [-0.2, 0) is 4.74 Å². The fourth-order valence-corrected chi connectivity index (χ4v) is 3.49. The van der Waals surface area contributed by atoms with Crippen LogP contribution < -0.4 is 15.5 Å². The van der Waals surface area contributed by atoms with Crippen molar-refractivity contribution in [1.82, 2.24) is 5.32 Å². The molecule has 1 heterocycles. The van der Waals surface area contributed by atoms with E-state index in [0.29, 0.717) is 19.2 Å². The molecule has 0 spiro atoms. The molecule has 1 aromatic carbocycles. The molecule has 1 aliphatic rings. The van der Waals surface area contributed by atoms with Gasteiger partial charge in [0.2, 0.25) is 0 Å². The third-order valence-corrected chi connectivity index (χ3v) is 4.74. The first kappa shape index (κ1) is 20.0. The molecule has 0 unspecified atom stereocenters. The fourth-order valence-electron chi connectivity index (χ4n) is 3.49. The Hall–Kier alpha value is -2.27. The van der Waals surface area contributed by atoms with Crippen LogP contribution in [0, 0.1) is 6.92 Å². The zero-order valence-corrected chi connectivity index (χ0v) is 16.8. The topological polar surface area (TPSA) is 53.6 Å². The van der Waals surface area contributed by atoms with Gasteiger partial charge in [0.25, 0.3) is 0 Å². The van der Waals surface area contributed by atoms with Crippen LogP contribution in [0.4, 0.5) is 16.2 Å². The van der Waals surface area contributed by atoms with Crippen molar-refractivity contribution in [2.75, 3.05) is 30.5 Å². The van der Waals surface area contributed by atoms with E-state index in [-0.39, 0.29) is 6.03 Å². The van der Waals surface area contributed by atoms with Gasteiger partial charge in [-0.25, -0.2) is 4.79 Å². The number of carbonyl (C=O) groups is 1. The number of ether oxygens (including phenoxy) is 1. The molecule has 1 aromatic rings. The minimum absolute atomic E-state index is 0.210. The Balaban J connectivity index is 2.40. The van der Waals surface area contributed by atoms with Crippen molar-refractivity contribution in [3.05, 3.63) is 41.1 Å². The number of hydrogen-bond acceptors (Lipinski definition) is 3. The van der Waals surface area contributed by atoms with E-state index in [1.54, 1.807) is 7.11 Å². The van der Waals surface area contributed by atoms with Crippen LogP contribution in [0.1, 0.15) is 45.2 Å². The lowest BCUT2D eigenvalue weighted by molar-refractivity contribution is 0.198. The Kier molecular flexibility index (Phi) is 6.86. The second-order valence-corrected chi connectivity index (χ2v) is 6.74. The summed E-state index contributed by atoms with van der Waals surface area (Å²) in [5.41, 5.74) is 6.98. The Morgan fingerprint density at radius 2 is 2.04 bits per heavy atom. The minimum Gasteiger partial charge on any atom is -0.383 e. The highest BCUT2D eigenvalue weighted by molar-refractivity contribution is 5.94. The standard InChI is InChI=1S/C21H31N3O2/c1-7-16-13-17(8-2)24(14(3)4)19-10-9-18(15(5)20(16)19)23-21(25)22-11-12-26-6/h7-10,14H,11-13H2,1-6H3,(H2,22,23,25)/b16-7+,17-8+. The van der Waals surface area contributed by atoms with Gasteiger partial charge >= 0.3 is 6.03 Å². The number of urea groups is 1. The maximum absolute atomic E-state index is 12.1. The summed E-state index contributed by atoms with van der Waals surface area (Å²) in [5.74, 6) is 0. The highest BCUT2D eigenvalue weighted by atomic mass is 16.5. The van der Waals surface area contributed by atoms with Crippen LogP contribution in [0.3, 0.4) is 0 Å². The van der Waals surface area contributed by atoms with E-state index < -0.39 is 0 Å². The molecule has 0 atom stereocenters. The maximum atomic E-state index is 12.1. The molecule has 0 saturated carbocycles. The van der Waals surface area contributed by atoms with Gasteiger partial charge in [-0.1, -0.05) is 12.2 Å². The third kappa shape index (κ3) is 4.10. The molecule has 2 N–H and O–H groups in total. The van der Waals surface area contributed by atoms with Gasteiger partial charge in [0.15, 0.2) is 0 Å². The molecule has 142 valence electrons. The molecule has 0 fully saturated rings. The quantitative estimate of drug-likeness (QED) is 0.752. The largest absolute Gasteiger partial charge is 0.383 e. The third-order valence-electron chi connectivity index (χ3n) is 4.74. The van der Waals surface area contributed by atoms with E-state index in [9.17, 15) is 4.79 Å². The number of benzene rings is 1. The van der Waals surface area contributed by atoms with E-state index in [1.165, 1.54) is 22.5 Å². The lowest BCUT2D eigenvalue weighted by Crippen LogP contribution is -2.34. The molecule has 2 amide bonds. The number of fused-ring (bicyclic) bond motifs is 1. The van der Waals surface area contributed by atoms with Crippen molar-refractivity contribution in [3.8, 4) is 0 Å². The van der Waals surface area contributed by atoms with Gasteiger partial charge in [0, 0.05) is 48.8 Å². The van der Waals surface area contributed by atoms with Crippen LogP contribution in [0.25, 0.3) is 5.57 Å². The van der Waals surface area contributed by atoms with E-state index in [1.807, 2.05) is 6.07 Å². The summed E-state index contributed by atoms with van der Waals surface area (Å²) < 4.78 is 4.96. The first-order chi connectivity index (χ1) is 12.4. The van der Waals surface area contributed by atoms with Gasteiger partial charge in [0.1, 0.15) is 0 Å². The van der Waals surface area contributed by atoms with Gasteiger partial charge in [-0.05, 0) is 57.9 Å². The number of rotatable bonds is 5. The molecule has 1 aliphatic heterocycles. The molecule has 2 rings (SSSR count). The highest BCUT2D eigenvalue weighted by Crippen LogP contribution is 2.44.